The molecule has 5 heteroatoms. The Bertz CT molecular complexity index is 758. The number of rotatable bonds is 14. The lowest BCUT2D eigenvalue weighted by atomic mass is 9.78. The summed E-state index contributed by atoms with van der Waals surface area (Å²) in [5.41, 5.74) is 0.239. The molecule has 2 aliphatic heterocycles. The molecular formula is C28H43NO4. The van der Waals surface area contributed by atoms with Crippen molar-refractivity contribution >= 4 is 11.6 Å². The fourth-order valence-corrected chi connectivity index (χ4v) is 5.05. The molecule has 3 rings (SSSR count). The number of aromatic hydroxyl groups is 1. The van der Waals surface area contributed by atoms with Gasteiger partial charge in [-0.15, -0.1) is 0 Å². The molecule has 0 radical (unpaired) electrons. The molecule has 1 amide bonds. The van der Waals surface area contributed by atoms with Crippen LogP contribution in [0.5, 0.6) is 5.75 Å². The molecule has 1 aromatic carbocycles. The van der Waals surface area contributed by atoms with Crippen molar-refractivity contribution in [3.8, 4) is 5.75 Å². The normalized spacial score (nSPS) is 24.6. The average molecular weight is 458 g/mol. The van der Waals surface area contributed by atoms with Crippen molar-refractivity contribution in [1.29, 1.82) is 0 Å². The van der Waals surface area contributed by atoms with Crippen molar-refractivity contribution in [1.82, 2.24) is 0 Å². The molecule has 0 aliphatic carbocycles. The van der Waals surface area contributed by atoms with Gasteiger partial charge >= 0.3 is 0 Å². The number of hydrogen-bond donors (Lipinski definition) is 2. The molecule has 2 N–H and O–H groups in total. The van der Waals surface area contributed by atoms with Gasteiger partial charge in [0, 0.05) is 23.6 Å². The Kier molecular flexibility index (Phi) is 9.81. The molecule has 0 saturated carbocycles. The van der Waals surface area contributed by atoms with E-state index in [-0.39, 0.29) is 11.7 Å². The number of ether oxygens (including phenoxy) is 2. The van der Waals surface area contributed by atoms with Crippen LogP contribution in [0.4, 0.5) is 5.69 Å². The van der Waals surface area contributed by atoms with Crippen LogP contribution in [-0.2, 0) is 14.3 Å². The largest absolute Gasteiger partial charge is 0.508 e. The lowest BCUT2D eigenvalue weighted by Crippen LogP contribution is -2.31. The Balaban J connectivity index is 1.39. The number of amides is 1. The maximum absolute atomic E-state index is 12.7. The molecule has 1 aromatic rings. The third-order valence-electron chi connectivity index (χ3n) is 7.29. The van der Waals surface area contributed by atoms with Crippen LogP contribution in [0.15, 0.2) is 36.4 Å². The van der Waals surface area contributed by atoms with Gasteiger partial charge < -0.3 is 19.9 Å². The van der Waals surface area contributed by atoms with Gasteiger partial charge in [-0.3, -0.25) is 4.79 Å². The van der Waals surface area contributed by atoms with Gasteiger partial charge in [0.25, 0.3) is 0 Å². The lowest BCUT2D eigenvalue weighted by molar-refractivity contribution is -0.124. The third-order valence-corrected chi connectivity index (χ3v) is 7.29. The van der Waals surface area contributed by atoms with Gasteiger partial charge in [-0.25, -0.2) is 0 Å². The number of anilines is 1. The molecule has 184 valence electrons. The maximum atomic E-state index is 12.7. The highest BCUT2D eigenvalue weighted by Gasteiger charge is 2.48. The molecule has 2 saturated heterocycles. The minimum Gasteiger partial charge on any atom is -0.508 e. The molecular weight excluding hydrogens is 414 g/mol. The van der Waals surface area contributed by atoms with E-state index in [1.54, 1.807) is 24.3 Å². The molecule has 0 aromatic heterocycles. The van der Waals surface area contributed by atoms with E-state index in [0.717, 1.165) is 38.9 Å². The summed E-state index contributed by atoms with van der Waals surface area (Å²) in [6, 6.07) is 6.59. The van der Waals surface area contributed by atoms with Gasteiger partial charge in [-0.1, -0.05) is 52.2 Å². The third kappa shape index (κ3) is 7.58. The molecule has 2 aliphatic rings. The van der Waals surface area contributed by atoms with Crippen LogP contribution in [0, 0.1) is 17.3 Å². The van der Waals surface area contributed by atoms with E-state index in [4.69, 9.17) is 9.47 Å². The standard InChI is InChI=1S/C28H43NO4/c1-4-5-6-10-19-32-20-24-23(25-16-17-26(24)33-25)11-8-7-9-18-28(2,3)27(31)29-21-12-14-22(30)15-13-21/h7-8,12-15,23-26,30H,4-6,9-11,16-20H2,1-3H3,(H,29,31)/b8-7-/t23-,24+,25-,26+/m0/s1. The first-order valence-electron chi connectivity index (χ1n) is 12.9. The van der Waals surface area contributed by atoms with Gasteiger partial charge in [0.2, 0.25) is 5.91 Å². The number of benzene rings is 1. The van der Waals surface area contributed by atoms with Crippen molar-refractivity contribution in [2.75, 3.05) is 18.5 Å². The predicted octanol–water partition coefficient (Wildman–Crippen LogP) is 6.47. The summed E-state index contributed by atoms with van der Waals surface area (Å²) >= 11 is 0. The van der Waals surface area contributed by atoms with E-state index in [1.807, 2.05) is 13.8 Å². The minimum absolute atomic E-state index is 0.000702. The van der Waals surface area contributed by atoms with Crippen LogP contribution >= 0.6 is 0 Å². The molecule has 33 heavy (non-hydrogen) atoms. The summed E-state index contributed by atoms with van der Waals surface area (Å²) in [7, 11) is 0. The lowest BCUT2D eigenvalue weighted by Gasteiger charge is -2.27. The molecule has 2 fully saturated rings. The first kappa shape index (κ1) is 25.8. The quantitative estimate of drug-likeness (QED) is 0.191. The Morgan fingerprint density at radius 3 is 2.58 bits per heavy atom. The van der Waals surface area contributed by atoms with Crippen molar-refractivity contribution in [3.05, 3.63) is 36.4 Å². The number of hydrogen-bond acceptors (Lipinski definition) is 4. The maximum Gasteiger partial charge on any atom is 0.230 e. The second kappa shape index (κ2) is 12.6. The number of nitrogens with one attached hydrogen (secondary N) is 1. The summed E-state index contributed by atoms with van der Waals surface area (Å²) in [6.07, 6.45) is 15.3. The molecule has 4 atom stereocenters. The minimum atomic E-state index is -0.466. The zero-order valence-corrected chi connectivity index (χ0v) is 20.7. The summed E-state index contributed by atoms with van der Waals surface area (Å²) < 4.78 is 12.3. The van der Waals surface area contributed by atoms with Crippen LogP contribution in [-0.4, -0.2) is 36.4 Å². The van der Waals surface area contributed by atoms with Crippen molar-refractivity contribution in [3.63, 3.8) is 0 Å². The number of phenols is 1. The fraction of sp³-hybridized carbons (Fsp3) is 0.679. The number of carbonyl (C=O) groups is 1. The van der Waals surface area contributed by atoms with Crippen LogP contribution in [0.3, 0.4) is 0 Å². The number of carbonyl (C=O) groups excluding carboxylic acids is 1. The van der Waals surface area contributed by atoms with Gasteiger partial charge in [0.15, 0.2) is 0 Å². The average Bonchev–Trinajstić information content (AvgIpc) is 3.39. The van der Waals surface area contributed by atoms with Gasteiger partial charge in [0.1, 0.15) is 5.75 Å². The zero-order valence-electron chi connectivity index (χ0n) is 20.7. The van der Waals surface area contributed by atoms with Gasteiger partial charge in [-0.2, -0.15) is 0 Å². The van der Waals surface area contributed by atoms with Gasteiger partial charge in [0.05, 0.1) is 18.8 Å². The fourth-order valence-electron chi connectivity index (χ4n) is 5.05. The Morgan fingerprint density at radius 2 is 1.85 bits per heavy atom. The van der Waals surface area contributed by atoms with E-state index < -0.39 is 5.41 Å². The number of unbranched alkanes of at least 4 members (excludes halogenated alkanes) is 3. The van der Waals surface area contributed by atoms with E-state index in [1.165, 1.54) is 32.1 Å². The predicted molar refractivity (Wildman–Crippen MR) is 133 cm³/mol. The van der Waals surface area contributed by atoms with Crippen LogP contribution in [0.1, 0.15) is 78.6 Å². The first-order chi connectivity index (χ1) is 15.9. The molecule has 0 unspecified atom stereocenters. The Morgan fingerprint density at radius 1 is 1.12 bits per heavy atom. The Hall–Kier alpha value is -1.85. The highest BCUT2D eigenvalue weighted by molar-refractivity contribution is 5.94. The monoisotopic (exact) mass is 457 g/mol. The van der Waals surface area contributed by atoms with Crippen LogP contribution in [0.2, 0.25) is 0 Å². The second-order valence-electron chi connectivity index (χ2n) is 10.4. The number of fused-ring (bicyclic) bond motifs is 2. The molecule has 2 heterocycles. The van der Waals surface area contributed by atoms with Crippen molar-refractivity contribution in [2.45, 2.75) is 90.8 Å². The molecule has 2 bridgehead atoms. The van der Waals surface area contributed by atoms with Crippen molar-refractivity contribution < 1.29 is 19.4 Å². The molecule has 0 spiro atoms. The number of allylic oxidation sites excluding steroid dienone is 2. The topological polar surface area (TPSA) is 67.8 Å². The summed E-state index contributed by atoms with van der Waals surface area (Å²) in [4.78, 5) is 12.7. The van der Waals surface area contributed by atoms with E-state index in [9.17, 15) is 9.90 Å². The van der Waals surface area contributed by atoms with Crippen LogP contribution in [0.25, 0.3) is 0 Å². The highest BCUT2D eigenvalue weighted by atomic mass is 16.5. The van der Waals surface area contributed by atoms with Crippen molar-refractivity contribution in [2.24, 2.45) is 17.3 Å². The first-order valence-corrected chi connectivity index (χ1v) is 12.9. The zero-order chi connectivity index (χ0) is 23.7. The van der Waals surface area contributed by atoms with E-state index in [0.29, 0.717) is 29.7 Å². The summed E-state index contributed by atoms with van der Waals surface area (Å²) in [5, 5.41) is 12.3. The SMILES string of the molecule is CCCCCCOC[C@@H]1[C@H](C/C=C\CCC(C)(C)C(=O)Nc2ccc(O)cc2)[C@@H]2CC[C@H]1O2. The number of phenolic OH excluding ortho intramolecular Hbond substituents is 1. The van der Waals surface area contributed by atoms with Crippen LogP contribution < -0.4 is 5.32 Å². The molecule has 5 nitrogen and oxygen atoms in total. The second-order valence-corrected chi connectivity index (χ2v) is 10.4. The summed E-state index contributed by atoms with van der Waals surface area (Å²) in [6.45, 7) is 7.90. The van der Waals surface area contributed by atoms with E-state index >= 15 is 0 Å². The Labute approximate surface area is 199 Å². The van der Waals surface area contributed by atoms with E-state index in [2.05, 4.69) is 24.4 Å². The smallest absolute Gasteiger partial charge is 0.230 e. The van der Waals surface area contributed by atoms with Gasteiger partial charge in [-0.05, 0) is 68.7 Å². The summed E-state index contributed by atoms with van der Waals surface area (Å²) in [5.74, 6) is 1.27. The highest BCUT2D eigenvalue weighted by Crippen LogP contribution is 2.45.